The van der Waals surface area contributed by atoms with Crippen LogP contribution in [0.2, 0.25) is 0 Å². The fourth-order valence-corrected chi connectivity index (χ4v) is 2.03. The van der Waals surface area contributed by atoms with Crippen LogP contribution in [0.3, 0.4) is 0 Å². The van der Waals surface area contributed by atoms with Crippen LogP contribution in [0.25, 0.3) is 0 Å². The van der Waals surface area contributed by atoms with Crippen LogP contribution >= 0.6 is 0 Å². The lowest BCUT2D eigenvalue weighted by Crippen LogP contribution is -2.30. The van der Waals surface area contributed by atoms with Crippen LogP contribution in [-0.4, -0.2) is 11.9 Å². The molecule has 12 heavy (non-hydrogen) atoms. The Morgan fingerprint density at radius 2 is 2.25 bits per heavy atom. The summed E-state index contributed by atoms with van der Waals surface area (Å²) in [5.41, 5.74) is 0. The van der Waals surface area contributed by atoms with Crippen molar-refractivity contribution in [3.05, 3.63) is 0 Å². The second-order valence-electron chi connectivity index (χ2n) is 3.84. The predicted molar refractivity (Wildman–Crippen MR) is 49.8 cm³/mol. The first kappa shape index (κ1) is 9.56. The lowest BCUT2D eigenvalue weighted by atomic mass is 9.85. The Hall–Kier alpha value is -0.530. The Morgan fingerprint density at radius 3 is 2.75 bits per heavy atom. The standard InChI is InChI=1S/C10H19NO/c1-4-7(3)8-6-10(12)11-9(8)5-2/h7-9H,4-6H2,1-3H3,(H,11,12). The van der Waals surface area contributed by atoms with Crippen molar-refractivity contribution in [1.82, 2.24) is 5.32 Å². The molecule has 1 aliphatic rings. The number of hydrogen-bond acceptors (Lipinski definition) is 1. The molecule has 0 saturated carbocycles. The average Bonchev–Trinajstić information content (AvgIpc) is 2.45. The number of carbonyl (C=O) groups is 1. The lowest BCUT2D eigenvalue weighted by molar-refractivity contribution is -0.119. The van der Waals surface area contributed by atoms with E-state index in [1.807, 2.05) is 0 Å². The number of nitrogens with one attached hydrogen (secondary N) is 1. The first-order valence-corrected chi connectivity index (χ1v) is 4.98. The fourth-order valence-electron chi connectivity index (χ4n) is 2.03. The third-order valence-electron chi connectivity index (χ3n) is 3.10. The van der Waals surface area contributed by atoms with E-state index in [-0.39, 0.29) is 5.91 Å². The van der Waals surface area contributed by atoms with Gasteiger partial charge in [-0.25, -0.2) is 0 Å². The van der Waals surface area contributed by atoms with Crippen LogP contribution in [0.5, 0.6) is 0 Å². The highest BCUT2D eigenvalue weighted by molar-refractivity contribution is 5.79. The van der Waals surface area contributed by atoms with Gasteiger partial charge in [0.15, 0.2) is 0 Å². The maximum absolute atomic E-state index is 11.1. The second kappa shape index (κ2) is 3.92. The van der Waals surface area contributed by atoms with Gasteiger partial charge in [0, 0.05) is 12.5 Å². The monoisotopic (exact) mass is 169 g/mol. The fraction of sp³-hybridized carbons (Fsp3) is 0.900. The van der Waals surface area contributed by atoms with Gasteiger partial charge in [-0.15, -0.1) is 0 Å². The van der Waals surface area contributed by atoms with Crippen molar-refractivity contribution in [2.24, 2.45) is 11.8 Å². The Balaban J connectivity index is 2.56. The quantitative estimate of drug-likeness (QED) is 0.687. The molecule has 0 aromatic carbocycles. The molecule has 2 heteroatoms. The van der Waals surface area contributed by atoms with E-state index in [4.69, 9.17) is 0 Å². The number of rotatable bonds is 3. The van der Waals surface area contributed by atoms with Gasteiger partial charge in [0.2, 0.25) is 5.91 Å². The first-order chi connectivity index (χ1) is 5.69. The molecule has 1 saturated heterocycles. The molecule has 2 nitrogen and oxygen atoms in total. The van der Waals surface area contributed by atoms with E-state index >= 15 is 0 Å². The van der Waals surface area contributed by atoms with Gasteiger partial charge in [-0.3, -0.25) is 4.79 Å². The molecule has 0 bridgehead atoms. The van der Waals surface area contributed by atoms with Crippen LogP contribution in [0, 0.1) is 11.8 Å². The highest BCUT2D eigenvalue weighted by Gasteiger charge is 2.33. The van der Waals surface area contributed by atoms with Gasteiger partial charge in [0.25, 0.3) is 0 Å². The minimum absolute atomic E-state index is 0.243. The largest absolute Gasteiger partial charge is 0.353 e. The maximum atomic E-state index is 11.1. The Kier molecular flexibility index (Phi) is 3.12. The van der Waals surface area contributed by atoms with Gasteiger partial charge < -0.3 is 5.32 Å². The van der Waals surface area contributed by atoms with Crippen LogP contribution in [-0.2, 0) is 4.79 Å². The molecule has 3 unspecified atom stereocenters. The molecule has 1 aliphatic heterocycles. The Labute approximate surface area is 74.7 Å². The zero-order valence-electron chi connectivity index (χ0n) is 8.26. The van der Waals surface area contributed by atoms with Crippen molar-refractivity contribution >= 4 is 5.91 Å². The topological polar surface area (TPSA) is 29.1 Å². The minimum atomic E-state index is 0.243. The van der Waals surface area contributed by atoms with Gasteiger partial charge in [-0.1, -0.05) is 27.2 Å². The third kappa shape index (κ3) is 1.79. The third-order valence-corrected chi connectivity index (χ3v) is 3.10. The summed E-state index contributed by atoms with van der Waals surface area (Å²) in [5, 5.41) is 3.03. The molecule has 1 heterocycles. The summed E-state index contributed by atoms with van der Waals surface area (Å²) in [7, 11) is 0. The average molecular weight is 169 g/mol. The summed E-state index contributed by atoms with van der Waals surface area (Å²) in [5.74, 6) is 1.49. The molecule has 0 spiro atoms. The zero-order chi connectivity index (χ0) is 9.14. The van der Waals surface area contributed by atoms with Gasteiger partial charge in [-0.2, -0.15) is 0 Å². The van der Waals surface area contributed by atoms with E-state index in [0.717, 1.165) is 12.8 Å². The van der Waals surface area contributed by atoms with Crippen LogP contribution < -0.4 is 5.32 Å². The summed E-state index contributed by atoms with van der Waals surface area (Å²) < 4.78 is 0. The van der Waals surface area contributed by atoms with E-state index in [1.165, 1.54) is 6.42 Å². The van der Waals surface area contributed by atoms with Crippen molar-refractivity contribution in [2.45, 2.75) is 46.1 Å². The Bertz CT molecular complexity index is 167. The van der Waals surface area contributed by atoms with Crippen molar-refractivity contribution in [3.8, 4) is 0 Å². The Morgan fingerprint density at radius 1 is 1.58 bits per heavy atom. The highest BCUT2D eigenvalue weighted by Crippen LogP contribution is 2.28. The minimum Gasteiger partial charge on any atom is -0.353 e. The maximum Gasteiger partial charge on any atom is 0.220 e. The summed E-state index contributed by atoms with van der Waals surface area (Å²) in [6.07, 6.45) is 2.99. The molecule has 1 amide bonds. The molecule has 0 aromatic rings. The van der Waals surface area contributed by atoms with Crippen LogP contribution in [0.4, 0.5) is 0 Å². The molecule has 1 rings (SSSR count). The number of hydrogen-bond donors (Lipinski definition) is 1. The summed E-state index contributed by atoms with van der Waals surface area (Å²) in [4.78, 5) is 11.1. The van der Waals surface area contributed by atoms with E-state index in [2.05, 4.69) is 26.1 Å². The first-order valence-electron chi connectivity index (χ1n) is 4.98. The predicted octanol–water partition coefficient (Wildman–Crippen LogP) is 1.95. The summed E-state index contributed by atoms with van der Waals surface area (Å²) in [6, 6.07) is 0.437. The molecular formula is C10H19NO. The van der Waals surface area contributed by atoms with E-state index < -0.39 is 0 Å². The molecule has 0 aliphatic carbocycles. The van der Waals surface area contributed by atoms with Crippen molar-refractivity contribution in [2.75, 3.05) is 0 Å². The normalized spacial score (nSPS) is 31.8. The van der Waals surface area contributed by atoms with E-state index in [9.17, 15) is 4.79 Å². The van der Waals surface area contributed by atoms with Gasteiger partial charge in [-0.05, 0) is 18.3 Å². The van der Waals surface area contributed by atoms with Gasteiger partial charge >= 0.3 is 0 Å². The molecule has 70 valence electrons. The molecule has 0 aromatic heterocycles. The number of amides is 1. The lowest BCUT2D eigenvalue weighted by Gasteiger charge is -2.22. The smallest absolute Gasteiger partial charge is 0.220 e. The van der Waals surface area contributed by atoms with Crippen molar-refractivity contribution < 1.29 is 4.79 Å². The molecule has 1 fully saturated rings. The number of carbonyl (C=O) groups excluding carboxylic acids is 1. The SMILES string of the molecule is CCC(C)C1CC(=O)NC1CC. The highest BCUT2D eigenvalue weighted by atomic mass is 16.2. The summed E-state index contributed by atoms with van der Waals surface area (Å²) >= 11 is 0. The van der Waals surface area contributed by atoms with E-state index in [0.29, 0.717) is 17.9 Å². The summed E-state index contributed by atoms with van der Waals surface area (Å²) in [6.45, 7) is 6.58. The van der Waals surface area contributed by atoms with E-state index in [1.54, 1.807) is 0 Å². The van der Waals surface area contributed by atoms with Crippen LogP contribution in [0.1, 0.15) is 40.0 Å². The van der Waals surface area contributed by atoms with Crippen LogP contribution in [0.15, 0.2) is 0 Å². The van der Waals surface area contributed by atoms with Crippen molar-refractivity contribution in [1.29, 1.82) is 0 Å². The molecular weight excluding hydrogens is 150 g/mol. The van der Waals surface area contributed by atoms with Gasteiger partial charge in [0.1, 0.15) is 0 Å². The molecule has 1 N–H and O–H groups in total. The zero-order valence-corrected chi connectivity index (χ0v) is 8.26. The molecule has 3 atom stereocenters. The second-order valence-corrected chi connectivity index (χ2v) is 3.84. The van der Waals surface area contributed by atoms with Crippen molar-refractivity contribution in [3.63, 3.8) is 0 Å². The molecule has 0 radical (unpaired) electrons. The van der Waals surface area contributed by atoms with Gasteiger partial charge in [0.05, 0.1) is 0 Å².